The number of hydrogen-bond acceptors (Lipinski definition) is 2. The van der Waals surface area contributed by atoms with E-state index in [1.165, 1.54) is 38.9 Å². The van der Waals surface area contributed by atoms with Gasteiger partial charge in [-0.3, -0.25) is 3.53 Å². The van der Waals surface area contributed by atoms with Crippen LogP contribution in [0.5, 0.6) is 0 Å². The van der Waals surface area contributed by atoms with E-state index < -0.39 is 0 Å². The Labute approximate surface area is 94.9 Å². The van der Waals surface area contributed by atoms with Crippen LogP contribution in [0.3, 0.4) is 0 Å². The Balaban J connectivity index is 1.86. The van der Waals surface area contributed by atoms with Crippen LogP contribution in [0.25, 0.3) is 0 Å². The zero-order valence-corrected chi connectivity index (χ0v) is 10.5. The predicted molar refractivity (Wildman–Crippen MR) is 63.8 cm³/mol. The number of halogens is 1. The van der Waals surface area contributed by atoms with E-state index in [-0.39, 0.29) is 0 Å². The molecule has 2 aliphatic rings. The van der Waals surface area contributed by atoms with Crippen LogP contribution in [0.2, 0.25) is 0 Å². The summed E-state index contributed by atoms with van der Waals surface area (Å²) < 4.78 is 3.28. The predicted octanol–water partition coefficient (Wildman–Crippen LogP) is 1.90. The molecule has 1 saturated heterocycles. The molecule has 0 aromatic rings. The van der Waals surface area contributed by atoms with Crippen molar-refractivity contribution in [1.82, 2.24) is 8.43 Å². The minimum absolute atomic E-state index is 0.949. The van der Waals surface area contributed by atoms with Crippen LogP contribution in [0.4, 0.5) is 0 Å². The normalized spacial score (nSPS) is 40.6. The van der Waals surface area contributed by atoms with Crippen LogP contribution in [-0.4, -0.2) is 31.6 Å². The van der Waals surface area contributed by atoms with Gasteiger partial charge in [0.05, 0.1) is 0 Å². The van der Waals surface area contributed by atoms with Crippen molar-refractivity contribution in [3.05, 3.63) is 0 Å². The third kappa shape index (κ3) is 2.36. The minimum Gasteiger partial charge on any atom is -0.306 e. The summed E-state index contributed by atoms with van der Waals surface area (Å²) in [6.07, 6.45) is 4.38. The van der Waals surface area contributed by atoms with E-state index in [2.05, 4.69) is 38.3 Å². The molecule has 1 heterocycles. The van der Waals surface area contributed by atoms with Gasteiger partial charge < -0.3 is 4.90 Å². The zero-order valence-electron chi connectivity index (χ0n) is 8.30. The molecule has 1 saturated carbocycles. The third-order valence-electron chi connectivity index (χ3n) is 3.71. The molecule has 0 spiro atoms. The molecule has 3 unspecified atom stereocenters. The first-order valence-corrected chi connectivity index (χ1v) is 6.39. The van der Waals surface area contributed by atoms with Gasteiger partial charge >= 0.3 is 0 Å². The molecule has 1 N–H and O–H groups in total. The van der Waals surface area contributed by atoms with Crippen molar-refractivity contribution in [3.8, 4) is 0 Å². The van der Waals surface area contributed by atoms with Gasteiger partial charge in [-0.25, -0.2) is 0 Å². The second-order valence-corrected chi connectivity index (χ2v) is 5.52. The van der Waals surface area contributed by atoms with Gasteiger partial charge in [0, 0.05) is 42.5 Å². The number of rotatable bonds is 2. The lowest BCUT2D eigenvalue weighted by atomic mass is 9.76. The van der Waals surface area contributed by atoms with Crippen molar-refractivity contribution in [2.45, 2.75) is 19.3 Å². The maximum Gasteiger partial charge on any atom is 0.0169 e. The van der Waals surface area contributed by atoms with E-state index in [9.17, 15) is 0 Å². The van der Waals surface area contributed by atoms with Crippen LogP contribution < -0.4 is 3.53 Å². The van der Waals surface area contributed by atoms with Crippen molar-refractivity contribution in [1.29, 1.82) is 0 Å². The fraction of sp³-hybridized carbons (Fsp3) is 1.00. The van der Waals surface area contributed by atoms with E-state index >= 15 is 0 Å². The Morgan fingerprint density at radius 1 is 1.31 bits per heavy atom. The number of hydrogen-bond donors (Lipinski definition) is 1. The molecule has 1 aliphatic heterocycles. The lowest BCUT2D eigenvalue weighted by Crippen LogP contribution is -2.27. The first kappa shape index (κ1) is 10.2. The summed E-state index contributed by atoms with van der Waals surface area (Å²) in [6.45, 7) is 3.92. The van der Waals surface area contributed by atoms with Gasteiger partial charge in [0.15, 0.2) is 0 Å². The lowest BCUT2D eigenvalue weighted by Gasteiger charge is -2.30. The van der Waals surface area contributed by atoms with E-state index in [0.717, 1.165) is 17.8 Å². The zero-order chi connectivity index (χ0) is 9.26. The summed E-state index contributed by atoms with van der Waals surface area (Å²) in [7, 11) is 2.27. The largest absolute Gasteiger partial charge is 0.306 e. The minimum atomic E-state index is 0.949. The molecule has 76 valence electrons. The summed E-state index contributed by atoms with van der Waals surface area (Å²) in [5.74, 6) is 2.98. The van der Waals surface area contributed by atoms with Crippen LogP contribution in [-0.2, 0) is 0 Å². The highest BCUT2D eigenvalue weighted by Gasteiger charge is 2.35. The van der Waals surface area contributed by atoms with Gasteiger partial charge in [-0.2, -0.15) is 0 Å². The number of likely N-dealkylation sites (tertiary alicyclic amines) is 1. The molecule has 2 rings (SSSR count). The van der Waals surface area contributed by atoms with Gasteiger partial charge in [-0.05, 0) is 44.1 Å². The fourth-order valence-electron chi connectivity index (χ4n) is 3.06. The fourth-order valence-corrected chi connectivity index (χ4v) is 3.68. The lowest BCUT2D eigenvalue weighted by molar-refractivity contribution is 0.227. The third-order valence-corrected chi connectivity index (χ3v) is 4.15. The Morgan fingerprint density at radius 2 is 2.08 bits per heavy atom. The van der Waals surface area contributed by atoms with Crippen LogP contribution >= 0.6 is 22.9 Å². The highest BCUT2D eigenvalue weighted by Crippen LogP contribution is 2.38. The molecule has 0 radical (unpaired) electrons. The molecular weight excluding hydrogens is 275 g/mol. The summed E-state index contributed by atoms with van der Waals surface area (Å²) in [4.78, 5) is 2.51. The number of nitrogens with one attached hydrogen (secondary N) is 1. The Bertz CT molecular complexity index is 174. The van der Waals surface area contributed by atoms with Gasteiger partial charge in [0.1, 0.15) is 0 Å². The average molecular weight is 294 g/mol. The standard InChI is InChI=1S/C10H19IN2/c1-13-6-9-3-2-8(5-12-11)4-10(9)7-13/h8-10,12H,2-7H2,1H3. The maximum absolute atomic E-state index is 3.28. The molecule has 3 atom stereocenters. The molecule has 0 bridgehead atoms. The van der Waals surface area contributed by atoms with Crippen LogP contribution in [0.1, 0.15) is 19.3 Å². The van der Waals surface area contributed by atoms with E-state index in [0.29, 0.717) is 0 Å². The molecule has 0 amide bonds. The quantitative estimate of drug-likeness (QED) is 0.618. The number of fused-ring (bicyclic) bond motifs is 1. The van der Waals surface area contributed by atoms with Crippen molar-refractivity contribution >= 4 is 22.9 Å². The maximum atomic E-state index is 3.28. The first-order chi connectivity index (χ1) is 6.29. The SMILES string of the molecule is CN1CC2CCC(CNI)CC2C1. The summed E-state index contributed by atoms with van der Waals surface area (Å²) in [5.41, 5.74) is 0. The smallest absolute Gasteiger partial charge is 0.0169 e. The molecule has 13 heavy (non-hydrogen) atoms. The van der Waals surface area contributed by atoms with E-state index in [1.807, 2.05) is 0 Å². The summed E-state index contributed by atoms with van der Waals surface area (Å²) in [6, 6.07) is 0. The van der Waals surface area contributed by atoms with E-state index in [4.69, 9.17) is 0 Å². The van der Waals surface area contributed by atoms with Gasteiger partial charge in [0.2, 0.25) is 0 Å². The van der Waals surface area contributed by atoms with Crippen molar-refractivity contribution in [2.75, 3.05) is 26.7 Å². The van der Waals surface area contributed by atoms with Gasteiger partial charge in [-0.15, -0.1) is 0 Å². The van der Waals surface area contributed by atoms with E-state index in [1.54, 1.807) is 0 Å². The van der Waals surface area contributed by atoms with Crippen LogP contribution in [0.15, 0.2) is 0 Å². The monoisotopic (exact) mass is 294 g/mol. The summed E-state index contributed by atoms with van der Waals surface area (Å²) >= 11 is 2.27. The highest BCUT2D eigenvalue weighted by atomic mass is 127. The number of nitrogens with zero attached hydrogens (tertiary/aromatic N) is 1. The molecular formula is C10H19IN2. The Morgan fingerprint density at radius 3 is 2.85 bits per heavy atom. The molecule has 2 nitrogen and oxygen atoms in total. The Kier molecular flexibility index (Phi) is 3.48. The van der Waals surface area contributed by atoms with Crippen LogP contribution in [0, 0.1) is 17.8 Å². The molecule has 1 aliphatic carbocycles. The molecule has 0 aromatic heterocycles. The average Bonchev–Trinajstić information content (AvgIpc) is 2.44. The van der Waals surface area contributed by atoms with Gasteiger partial charge in [0.25, 0.3) is 0 Å². The molecule has 0 aromatic carbocycles. The van der Waals surface area contributed by atoms with Crippen molar-refractivity contribution in [2.24, 2.45) is 17.8 Å². The van der Waals surface area contributed by atoms with Crippen molar-refractivity contribution < 1.29 is 0 Å². The highest BCUT2D eigenvalue weighted by molar-refractivity contribution is 14.1. The topological polar surface area (TPSA) is 15.3 Å². The second kappa shape index (κ2) is 4.45. The summed E-state index contributed by atoms with van der Waals surface area (Å²) in [5, 5.41) is 0. The first-order valence-electron chi connectivity index (χ1n) is 5.31. The molecule has 2 fully saturated rings. The second-order valence-electron chi connectivity index (χ2n) is 4.76. The Hall–Kier alpha value is 0.650. The van der Waals surface area contributed by atoms with Crippen molar-refractivity contribution in [3.63, 3.8) is 0 Å². The van der Waals surface area contributed by atoms with Gasteiger partial charge in [-0.1, -0.05) is 0 Å². The molecule has 3 heteroatoms.